The second-order valence-corrected chi connectivity index (χ2v) is 8.01. The highest BCUT2D eigenvalue weighted by atomic mass is 79.9. The number of nitrogens with two attached hydrogens (primary N) is 1. The molecule has 1 aromatic carbocycles. The zero-order valence-corrected chi connectivity index (χ0v) is 14.7. The summed E-state index contributed by atoms with van der Waals surface area (Å²) in [7, 11) is 0. The van der Waals surface area contributed by atoms with E-state index in [4.69, 9.17) is 22.7 Å². The Labute approximate surface area is 135 Å². The van der Waals surface area contributed by atoms with Crippen LogP contribution in [0, 0.1) is 11.3 Å². The summed E-state index contributed by atoms with van der Waals surface area (Å²) in [6, 6.07) is 5.81. The minimum atomic E-state index is 0.233. The lowest BCUT2D eigenvalue weighted by molar-refractivity contribution is 0.0561. The lowest BCUT2D eigenvalue weighted by atomic mass is 9.71. The first kappa shape index (κ1) is 15.8. The maximum atomic E-state index is 6.24. The van der Waals surface area contributed by atoms with Crippen molar-refractivity contribution in [2.75, 3.05) is 0 Å². The highest BCUT2D eigenvalue weighted by molar-refractivity contribution is 9.10. The van der Waals surface area contributed by atoms with Crippen LogP contribution in [0.1, 0.15) is 45.6 Å². The molecule has 0 spiro atoms. The van der Waals surface area contributed by atoms with Gasteiger partial charge < -0.3 is 10.5 Å². The fraction of sp³-hybridized carbons (Fsp3) is 0.562. The van der Waals surface area contributed by atoms with Gasteiger partial charge in [-0.3, -0.25) is 0 Å². The quantitative estimate of drug-likeness (QED) is 0.799. The average Bonchev–Trinajstić information content (AvgIpc) is 2.25. The second-order valence-electron chi connectivity index (χ2n) is 6.66. The van der Waals surface area contributed by atoms with Crippen LogP contribution in [0.25, 0.3) is 0 Å². The van der Waals surface area contributed by atoms with Crippen LogP contribution < -0.4 is 10.5 Å². The molecule has 2 rings (SSSR count). The molecule has 1 aromatic rings. The Hall–Kier alpha value is -0.610. The number of hydrogen-bond acceptors (Lipinski definition) is 2. The molecule has 1 saturated carbocycles. The van der Waals surface area contributed by atoms with Crippen LogP contribution >= 0.6 is 28.1 Å². The molecule has 2 nitrogen and oxygen atoms in total. The van der Waals surface area contributed by atoms with Crippen molar-refractivity contribution in [1.29, 1.82) is 0 Å². The molecule has 0 heterocycles. The topological polar surface area (TPSA) is 35.2 Å². The first-order valence-electron chi connectivity index (χ1n) is 7.03. The minimum Gasteiger partial charge on any atom is -0.490 e. The predicted octanol–water partition coefficient (Wildman–Crippen LogP) is 4.68. The Morgan fingerprint density at radius 3 is 2.70 bits per heavy atom. The molecule has 4 heteroatoms. The molecule has 0 bridgehead atoms. The monoisotopic (exact) mass is 355 g/mol. The van der Waals surface area contributed by atoms with E-state index in [1.165, 1.54) is 6.42 Å². The molecule has 1 aliphatic carbocycles. The molecule has 20 heavy (non-hydrogen) atoms. The van der Waals surface area contributed by atoms with E-state index in [0.717, 1.165) is 28.6 Å². The van der Waals surface area contributed by atoms with E-state index in [9.17, 15) is 0 Å². The van der Waals surface area contributed by atoms with E-state index in [1.54, 1.807) is 0 Å². The van der Waals surface area contributed by atoms with Gasteiger partial charge in [0.15, 0.2) is 0 Å². The summed E-state index contributed by atoms with van der Waals surface area (Å²) in [5.74, 6) is 1.48. The number of halogens is 1. The molecule has 2 N–H and O–H groups in total. The van der Waals surface area contributed by atoms with Crippen LogP contribution in [-0.2, 0) is 0 Å². The van der Waals surface area contributed by atoms with Gasteiger partial charge in [0.2, 0.25) is 0 Å². The summed E-state index contributed by atoms with van der Waals surface area (Å²) in [6.07, 6.45) is 3.65. The van der Waals surface area contributed by atoms with Crippen molar-refractivity contribution < 1.29 is 4.74 Å². The molecule has 2 unspecified atom stereocenters. The van der Waals surface area contributed by atoms with Gasteiger partial charge in [-0.15, -0.1) is 0 Å². The maximum absolute atomic E-state index is 6.24. The van der Waals surface area contributed by atoms with Gasteiger partial charge in [0.05, 0.1) is 11.7 Å². The summed E-state index contributed by atoms with van der Waals surface area (Å²) in [6.45, 7) is 6.93. The molecule has 0 aromatic heterocycles. The van der Waals surface area contributed by atoms with Crippen LogP contribution in [0.5, 0.6) is 5.75 Å². The molecular formula is C16H22BrNOS. The van der Waals surface area contributed by atoms with Crippen molar-refractivity contribution in [1.82, 2.24) is 0 Å². The number of ether oxygens (including phenoxy) is 1. The molecule has 0 radical (unpaired) electrons. The van der Waals surface area contributed by atoms with Gasteiger partial charge in [0.25, 0.3) is 0 Å². The van der Waals surface area contributed by atoms with E-state index < -0.39 is 0 Å². The largest absolute Gasteiger partial charge is 0.490 e. The predicted molar refractivity (Wildman–Crippen MR) is 91.2 cm³/mol. The standard InChI is InChI=1S/C16H22BrNOS/c1-10-6-12(9-16(2,3)8-10)19-14-7-11(17)4-5-13(14)15(18)20/h4-5,7,10,12H,6,8-9H2,1-3H3,(H2,18,20). The van der Waals surface area contributed by atoms with Crippen molar-refractivity contribution in [2.45, 2.75) is 46.1 Å². The van der Waals surface area contributed by atoms with Gasteiger partial charge in [0.1, 0.15) is 10.7 Å². The average molecular weight is 356 g/mol. The third-order valence-corrected chi connectivity index (χ3v) is 4.56. The molecule has 0 aliphatic heterocycles. The summed E-state index contributed by atoms with van der Waals surface area (Å²) < 4.78 is 7.22. The van der Waals surface area contributed by atoms with Crippen LogP contribution in [0.2, 0.25) is 0 Å². The van der Waals surface area contributed by atoms with E-state index >= 15 is 0 Å². The van der Waals surface area contributed by atoms with Crippen molar-refractivity contribution in [3.8, 4) is 5.75 Å². The normalized spacial score (nSPS) is 25.2. The van der Waals surface area contributed by atoms with Crippen molar-refractivity contribution in [3.05, 3.63) is 28.2 Å². The Morgan fingerprint density at radius 1 is 1.40 bits per heavy atom. The Balaban J connectivity index is 2.21. The summed E-state index contributed by atoms with van der Waals surface area (Å²) in [4.78, 5) is 0.385. The number of benzene rings is 1. The molecule has 2 atom stereocenters. The van der Waals surface area contributed by atoms with E-state index in [1.807, 2.05) is 18.2 Å². The van der Waals surface area contributed by atoms with Gasteiger partial charge in [-0.2, -0.15) is 0 Å². The second kappa shape index (κ2) is 6.02. The smallest absolute Gasteiger partial charge is 0.131 e. The van der Waals surface area contributed by atoms with Crippen LogP contribution in [-0.4, -0.2) is 11.1 Å². The molecule has 1 aliphatic rings. The fourth-order valence-corrected chi connectivity index (χ4v) is 3.83. The van der Waals surface area contributed by atoms with Crippen LogP contribution in [0.4, 0.5) is 0 Å². The molecule has 0 amide bonds. The first-order valence-corrected chi connectivity index (χ1v) is 8.23. The summed E-state index contributed by atoms with van der Waals surface area (Å²) in [5.41, 5.74) is 6.94. The van der Waals surface area contributed by atoms with Crippen molar-refractivity contribution in [3.63, 3.8) is 0 Å². The van der Waals surface area contributed by atoms with Gasteiger partial charge in [0, 0.05) is 4.47 Å². The van der Waals surface area contributed by atoms with E-state index in [0.29, 0.717) is 16.3 Å². The Kier molecular flexibility index (Phi) is 4.75. The molecule has 110 valence electrons. The van der Waals surface area contributed by atoms with Gasteiger partial charge in [-0.05, 0) is 48.8 Å². The van der Waals surface area contributed by atoms with Gasteiger partial charge in [-0.1, -0.05) is 48.9 Å². The van der Waals surface area contributed by atoms with E-state index in [-0.39, 0.29) is 6.10 Å². The number of rotatable bonds is 3. The molecule has 0 saturated heterocycles. The Bertz CT molecular complexity index is 515. The molecule has 1 fully saturated rings. The molecular weight excluding hydrogens is 334 g/mol. The summed E-state index contributed by atoms with van der Waals surface area (Å²) >= 11 is 8.59. The highest BCUT2D eigenvalue weighted by Gasteiger charge is 2.33. The number of hydrogen-bond donors (Lipinski definition) is 1. The third-order valence-electron chi connectivity index (χ3n) is 3.85. The fourth-order valence-electron chi connectivity index (χ4n) is 3.33. The van der Waals surface area contributed by atoms with Crippen molar-refractivity contribution in [2.24, 2.45) is 17.1 Å². The zero-order chi connectivity index (χ0) is 14.9. The zero-order valence-electron chi connectivity index (χ0n) is 12.3. The van der Waals surface area contributed by atoms with Crippen molar-refractivity contribution >= 4 is 33.1 Å². The lowest BCUT2D eigenvalue weighted by Gasteiger charge is -2.39. The maximum Gasteiger partial charge on any atom is 0.131 e. The Morgan fingerprint density at radius 2 is 2.10 bits per heavy atom. The van der Waals surface area contributed by atoms with Crippen LogP contribution in [0.15, 0.2) is 22.7 Å². The summed E-state index contributed by atoms with van der Waals surface area (Å²) in [5, 5.41) is 0. The first-order chi connectivity index (χ1) is 9.27. The number of thiocarbonyl (C=S) groups is 1. The minimum absolute atomic E-state index is 0.233. The lowest BCUT2D eigenvalue weighted by Crippen LogP contribution is -2.34. The van der Waals surface area contributed by atoms with Crippen LogP contribution in [0.3, 0.4) is 0 Å². The highest BCUT2D eigenvalue weighted by Crippen LogP contribution is 2.40. The van der Waals surface area contributed by atoms with Gasteiger partial charge >= 0.3 is 0 Å². The SMILES string of the molecule is CC1CC(Oc2cc(Br)ccc2C(N)=S)CC(C)(C)C1. The van der Waals surface area contributed by atoms with E-state index in [2.05, 4.69) is 36.7 Å². The third kappa shape index (κ3) is 3.95. The van der Waals surface area contributed by atoms with Gasteiger partial charge in [-0.25, -0.2) is 0 Å².